The van der Waals surface area contributed by atoms with E-state index in [1.807, 2.05) is 39.0 Å². The molecule has 0 aliphatic rings. The number of hydrogen-bond donors (Lipinski definition) is 3. The smallest absolute Gasteiger partial charge is 0.148 e. The Morgan fingerprint density at radius 2 is 1.95 bits per heavy atom. The average molecular weight is 282 g/mol. The van der Waals surface area contributed by atoms with Crippen molar-refractivity contribution < 1.29 is 0 Å². The number of nitrogens with zero attached hydrogens (tertiary/aromatic N) is 3. The van der Waals surface area contributed by atoms with Gasteiger partial charge in [0.1, 0.15) is 24.0 Å². The van der Waals surface area contributed by atoms with E-state index < -0.39 is 0 Å². The molecule has 1 aromatic carbocycles. The van der Waals surface area contributed by atoms with E-state index in [1.54, 1.807) is 0 Å². The van der Waals surface area contributed by atoms with E-state index in [-0.39, 0.29) is 5.92 Å². The van der Waals surface area contributed by atoms with Crippen molar-refractivity contribution in [2.24, 2.45) is 5.84 Å². The van der Waals surface area contributed by atoms with Crippen LogP contribution in [0.5, 0.6) is 0 Å². The van der Waals surface area contributed by atoms with Crippen LogP contribution in [0.4, 0.5) is 17.3 Å². The Labute approximate surface area is 124 Å². The van der Waals surface area contributed by atoms with Gasteiger partial charge in [-0.15, -0.1) is 0 Å². The maximum atomic E-state index is 9.30. The quantitative estimate of drug-likeness (QED) is 0.589. The van der Waals surface area contributed by atoms with Gasteiger partial charge in [-0.25, -0.2) is 15.8 Å². The van der Waals surface area contributed by atoms with Crippen molar-refractivity contribution in [2.45, 2.75) is 26.7 Å². The highest BCUT2D eigenvalue weighted by Crippen LogP contribution is 2.31. The molecule has 6 nitrogen and oxygen atoms in total. The van der Waals surface area contributed by atoms with E-state index in [2.05, 4.69) is 26.8 Å². The van der Waals surface area contributed by atoms with Crippen molar-refractivity contribution in [2.75, 3.05) is 10.7 Å². The number of hydrogen-bond acceptors (Lipinski definition) is 6. The minimum atomic E-state index is 0.176. The van der Waals surface area contributed by atoms with Gasteiger partial charge in [0.2, 0.25) is 0 Å². The Balaban J connectivity index is 2.51. The summed E-state index contributed by atoms with van der Waals surface area (Å²) in [6, 6.07) is 7.87. The molecule has 108 valence electrons. The maximum absolute atomic E-state index is 9.30. The van der Waals surface area contributed by atoms with Crippen LogP contribution in [0.2, 0.25) is 0 Å². The van der Waals surface area contributed by atoms with Crippen LogP contribution < -0.4 is 16.6 Å². The van der Waals surface area contributed by atoms with Gasteiger partial charge in [-0.1, -0.05) is 26.0 Å². The van der Waals surface area contributed by atoms with Crippen LogP contribution in [0.1, 0.15) is 36.5 Å². The number of nitrogen functional groups attached to an aromatic ring is 1. The minimum Gasteiger partial charge on any atom is -0.339 e. The molecule has 21 heavy (non-hydrogen) atoms. The summed E-state index contributed by atoms with van der Waals surface area (Å²) < 4.78 is 0. The van der Waals surface area contributed by atoms with E-state index in [1.165, 1.54) is 6.33 Å². The molecule has 0 fully saturated rings. The average Bonchev–Trinajstić information content (AvgIpc) is 2.47. The molecule has 0 saturated carbocycles. The molecule has 2 rings (SSSR count). The molecule has 6 heteroatoms. The summed E-state index contributed by atoms with van der Waals surface area (Å²) >= 11 is 0. The van der Waals surface area contributed by atoms with Crippen LogP contribution in [-0.4, -0.2) is 9.97 Å². The fraction of sp³-hybridized carbons (Fsp3) is 0.267. The third kappa shape index (κ3) is 2.93. The Bertz CT molecular complexity index is 687. The van der Waals surface area contributed by atoms with Gasteiger partial charge in [-0.3, -0.25) is 0 Å². The predicted octanol–water partition coefficient (Wildman–Crippen LogP) is 2.81. The van der Waals surface area contributed by atoms with Crippen molar-refractivity contribution in [1.29, 1.82) is 5.26 Å². The van der Waals surface area contributed by atoms with Crippen molar-refractivity contribution in [1.82, 2.24) is 9.97 Å². The number of anilines is 3. The molecule has 0 unspecified atom stereocenters. The standard InChI is InChI=1S/C15H18N6/c1-9(2)13-14(18-8-19-15(13)21-17)20-12-6-4-5-10(3)11(12)7-16/h4-6,8-9H,17H2,1-3H3,(H2,18,19,20,21). The predicted molar refractivity (Wildman–Crippen MR) is 83.1 cm³/mol. The second-order valence-corrected chi connectivity index (χ2v) is 5.02. The first-order valence-corrected chi connectivity index (χ1v) is 6.66. The van der Waals surface area contributed by atoms with Gasteiger partial charge in [0.15, 0.2) is 0 Å². The van der Waals surface area contributed by atoms with E-state index in [4.69, 9.17) is 5.84 Å². The van der Waals surface area contributed by atoms with Crippen LogP contribution >= 0.6 is 0 Å². The van der Waals surface area contributed by atoms with E-state index in [0.717, 1.165) is 16.8 Å². The number of aromatic nitrogens is 2. The van der Waals surface area contributed by atoms with E-state index >= 15 is 0 Å². The summed E-state index contributed by atoms with van der Waals surface area (Å²) in [6.07, 6.45) is 1.44. The Kier molecular flexibility index (Phi) is 4.36. The van der Waals surface area contributed by atoms with Crippen LogP contribution in [-0.2, 0) is 0 Å². The number of hydrazine groups is 1. The second kappa shape index (κ2) is 6.20. The molecule has 0 bridgehead atoms. The van der Waals surface area contributed by atoms with Crippen molar-refractivity contribution in [3.8, 4) is 6.07 Å². The third-order valence-corrected chi connectivity index (χ3v) is 3.24. The summed E-state index contributed by atoms with van der Waals surface area (Å²) in [5.41, 5.74) is 5.71. The van der Waals surface area contributed by atoms with Crippen molar-refractivity contribution >= 4 is 17.3 Å². The van der Waals surface area contributed by atoms with Crippen LogP contribution in [0.25, 0.3) is 0 Å². The lowest BCUT2D eigenvalue weighted by atomic mass is 10.0. The molecule has 0 atom stereocenters. The maximum Gasteiger partial charge on any atom is 0.148 e. The minimum absolute atomic E-state index is 0.176. The number of nitriles is 1. The molecule has 2 aromatic rings. The van der Waals surface area contributed by atoms with Crippen LogP contribution in [0, 0.1) is 18.3 Å². The van der Waals surface area contributed by atoms with Crippen molar-refractivity contribution in [3.05, 3.63) is 41.2 Å². The number of benzene rings is 1. The molecule has 4 N–H and O–H groups in total. The fourth-order valence-corrected chi connectivity index (χ4v) is 2.20. The van der Waals surface area contributed by atoms with Crippen molar-refractivity contribution in [3.63, 3.8) is 0 Å². The SMILES string of the molecule is Cc1cccc(Nc2ncnc(NN)c2C(C)C)c1C#N. The number of rotatable bonds is 4. The lowest BCUT2D eigenvalue weighted by Crippen LogP contribution is -2.14. The largest absolute Gasteiger partial charge is 0.339 e. The van der Waals surface area contributed by atoms with Gasteiger partial charge in [-0.2, -0.15) is 5.26 Å². The molecule has 0 radical (unpaired) electrons. The Hall–Kier alpha value is -2.65. The lowest BCUT2D eigenvalue weighted by molar-refractivity contribution is 0.850. The van der Waals surface area contributed by atoms with E-state index in [9.17, 15) is 5.26 Å². The molecule has 0 aliphatic carbocycles. The zero-order valence-electron chi connectivity index (χ0n) is 12.3. The summed E-state index contributed by atoms with van der Waals surface area (Å²) in [5, 5.41) is 12.5. The van der Waals surface area contributed by atoms with Gasteiger partial charge in [0, 0.05) is 5.56 Å². The number of nitrogens with one attached hydrogen (secondary N) is 2. The Morgan fingerprint density at radius 3 is 2.57 bits per heavy atom. The first-order chi connectivity index (χ1) is 10.1. The topological polar surface area (TPSA) is 99.7 Å². The monoisotopic (exact) mass is 282 g/mol. The summed E-state index contributed by atoms with van der Waals surface area (Å²) in [6.45, 7) is 5.97. The zero-order chi connectivity index (χ0) is 15.4. The van der Waals surface area contributed by atoms with Gasteiger partial charge >= 0.3 is 0 Å². The van der Waals surface area contributed by atoms with Gasteiger partial charge in [0.05, 0.1) is 11.3 Å². The van der Waals surface area contributed by atoms with Gasteiger partial charge in [0.25, 0.3) is 0 Å². The molecular formula is C15H18N6. The fourth-order valence-electron chi connectivity index (χ4n) is 2.20. The summed E-state index contributed by atoms with van der Waals surface area (Å²) in [7, 11) is 0. The van der Waals surface area contributed by atoms with Crippen LogP contribution in [0.3, 0.4) is 0 Å². The van der Waals surface area contributed by atoms with Crippen LogP contribution in [0.15, 0.2) is 24.5 Å². The molecular weight excluding hydrogens is 264 g/mol. The van der Waals surface area contributed by atoms with Gasteiger partial charge in [-0.05, 0) is 24.5 Å². The molecule has 0 saturated heterocycles. The number of nitrogens with two attached hydrogens (primary N) is 1. The Morgan fingerprint density at radius 1 is 1.24 bits per heavy atom. The lowest BCUT2D eigenvalue weighted by Gasteiger charge is -2.17. The highest BCUT2D eigenvalue weighted by Gasteiger charge is 2.16. The molecule has 0 aliphatic heterocycles. The highest BCUT2D eigenvalue weighted by atomic mass is 15.3. The molecule has 1 heterocycles. The molecule has 0 amide bonds. The second-order valence-electron chi connectivity index (χ2n) is 5.02. The third-order valence-electron chi connectivity index (χ3n) is 3.24. The summed E-state index contributed by atoms with van der Waals surface area (Å²) in [4.78, 5) is 8.41. The molecule has 1 aromatic heterocycles. The number of aryl methyl sites for hydroxylation is 1. The first kappa shape index (κ1) is 14.8. The van der Waals surface area contributed by atoms with Gasteiger partial charge < -0.3 is 10.7 Å². The summed E-state index contributed by atoms with van der Waals surface area (Å²) in [5.74, 6) is 6.91. The normalized spacial score (nSPS) is 10.3. The highest BCUT2D eigenvalue weighted by molar-refractivity contribution is 5.70. The molecule has 0 spiro atoms. The first-order valence-electron chi connectivity index (χ1n) is 6.66. The zero-order valence-corrected chi connectivity index (χ0v) is 12.3. The van der Waals surface area contributed by atoms with E-state index in [0.29, 0.717) is 17.2 Å².